The Morgan fingerprint density at radius 3 is 2.26 bits per heavy atom. The second-order valence-corrected chi connectivity index (χ2v) is 8.69. The van der Waals surface area contributed by atoms with Crippen LogP contribution in [-0.4, -0.2) is 28.0 Å². The smallest absolute Gasteiger partial charge is 0.264 e. The molecule has 0 heterocycles. The van der Waals surface area contributed by atoms with Crippen molar-refractivity contribution < 1.29 is 22.3 Å². The Morgan fingerprint density at radius 1 is 1.00 bits per heavy atom. The Bertz CT molecular complexity index is 1140. The first-order chi connectivity index (χ1) is 14.8. The first kappa shape index (κ1) is 22.3. The highest BCUT2D eigenvalue weighted by Gasteiger charge is 2.28. The van der Waals surface area contributed by atoms with E-state index in [1.807, 2.05) is 18.2 Å². The molecule has 3 aromatic carbocycles. The fourth-order valence-corrected chi connectivity index (χ4v) is 4.60. The van der Waals surface area contributed by atoms with E-state index in [2.05, 4.69) is 5.32 Å². The van der Waals surface area contributed by atoms with Gasteiger partial charge >= 0.3 is 0 Å². The number of carbonyl (C=O) groups is 1. The monoisotopic (exact) mass is 442 g/mol. The first-order valence-electron chi connectivity index (χ1n) is 9.58. The van der Waals surface area contributed by atoms with Gasteiger partial charge in [-0.2, -0.15) is 0 Å². The van der Waals surface area contributed by atoms with Crippen LogP contribution in [0.2, 0.25) is 0 Å². The molecular weight excluding hydrogens is 419 g/mol. The van der Waals surface area contributed by atoms with Crippen LogP contribution in [0.3, 0.4) is 0 Å². The zero-order chi connectivity index (χ0) is 22.4. The molecule has 0 aliphatic carbocycles. The molecule has 0 aromatic heterocycles. The van der Waals surface area contributed by atoms with Crippen LogP contribution in [0.25, 0.3) is 0 Å². The largest absolute Gasteiger partial charge is 0.496 e. The Balaban J connectivity index is 1.88. The molecule has 0 aliphatic heterocycles. The van der Waals surface area contributed by atoms with Crippen LogP contribution in [0, 0.1) is 5.82 Å². The van der Waals surface area contributed by atoms with Crippen LogP contribution in [0.1, 0.15) is 18.5 Å². The number of nitrogens with one attached hydrogen (secondary N) is 1. The Kier molecular flexibility index (Phi) is 6.91. The molecule has 0 saturated heterocycles. The van der Waals surface area contributed by atoms with Crippen molar-refractivity contribution in [1.29, 1.82) is 0 Å². The summed E-state index contributed by atoms with van der Waals surface area (Å²) in [5, 5.41) is 2.81. The molecule has 0 fully saturated rings. The minimum absolute atomic E-state index is 0.0323. The number of carbonyl (C=O) groups excluding carboxylic acids is 1. The highest BCUT2D eigenvalue weighted by Crippen LogP contribution is 2.26. The minimum atomic E-state index is -4.05. The standard InChI is InChI=1S/C23H23FN2O4S/c1-17(21-10-6-7-11-22(21)30-2)25-23(27)16-26(19-14-12-18(24)13-15-19)31(28,29)20-8-4-3-5-9-20/h3-15,17H,16H2,1-2H3,(H,25,27). The van der Waals surface area contributed by atoms with Gasteiger partial charge in [0, 0.05) is 5.56 Å². The van der Waals surface area contributed by atoms with Gasteiger partial charge in [0.05, 0.1) is 23.7 Å². The summed E-state index contributed by atoms with van der Waals surface area (Å²) in [6.07, 6.45) is 0. The van der Waals surface area contributed by atoms with Gasteiger partial charge in [-0.3, -0.25) is 9.10 Å². The summed E-state index contributed by atoms with van der Waals surface area (Å²) in [6, 6.07) is 19.6. The van der Waals surface area contributed by atoms with Gasteiger partial charge in [0.15, 0.2) is 0 Å². The lowest BCUT2D eigenvalue weighted by molar-refractivity contribution is -0.120. The predicted octanol–water partition coefficient (Wildman–Crippen LogP) is 3.91. The highest BCUT2D eigenvalue weighted by molar-refractivity contribution is 7.92. The van der Waals surface area contributed by atoms with Gasteiger partial charge in [-0.15, -0.1) is 0 Å². The van der Waals surface area contributed by atoms with Crippen LogP contribution in [0.5, 0.6) is 5.75 Å². The fourth-order valence-electron chi connectivity index (χ4n) is 3.16. The molecule has 0 spiro atoms. The van der Waals surface area contributed by atoms with E-state index in [4.69, 9.17) is 4.74 Å². The maximum absolute atomic E-state index is 13.4. The molecule has 0 bridgehead atoms. The van der Waals surface area contributed by atoms with E-state index < -0.39 is 34.3 Å². The molecule has 0 radical (unpaired) electrons. The summed E-state index contributed by atoms with van der Waals surface area (Å²) in [5.74, 6) is -0.403. The number of amides is 1. The molecule has 1 atom stereocenters. The number of benzene rings is 3. The molecule has 0 aliphatic rings. The number of rotatable bonds is 8. The van der Waals surface area contributed by atoms with Crippen molar-refractivity contribution >= 4 is 21.6 Å². The van der Waals surface area contributed by atoms with Crippen molar-refractivity contribution in [3.63, 3.8) is 0 Å². The summed E-state index contributed by atoms with van der Waals surface area (Å²) in [5.41, 5.74) is 0.947. The Labute approximate surface area is 181 Å². The van der Waals surface area contributed by atoms with Crippen LogP contribution in [-0.2, 0) is 14.8 Å². The fraction of sp³-hybridized carbons (Fsp3) is 0.174. The van der Waals surface area contributed by atoms with E-state index in [1.165, 1.54) is 31.4 Å². The van der Waals surface area contributed by atoms with Gasteiger partial charge in [-0.05, 0) is 49.4 Å². The van der Waals surface area contributed by atoms with E-state index >= 15 is 0 Å². The molecular formula is C23H23FN2O4S. The summed E-state index contributed by atoms with van der Waals surface area (Å²) in [4.78, 5) is 12.9. The topological polar surface area (TPSA) is 75.7 Å². The molecule has 3 rings (SSSR count). The third kappa shape index (κ3) is 5.21. The van der Waals surface area contributed by atoms with Crippen LogP contribution in [0.15, 0.2) is 83.8 Å². The molecule has 31 heavy (non-hydrogen) atoms. The Hall–Kier alpha value is -3.39. The van der Waals surface area contributed by atoms with Crippen molar-refractivity contribution in [1.82, 2.24) is 5.32 Å². The van der Waals surface area contributed by atoms with Crippen LogP contribution >= 0.6 is 0 Å². The van der Waals surface area contributed by atoms with Crippen molar-refractivity contribution in [2.24, 2.45) is 0 Å². The number of nitrogens with zero attached hydrogens (tertiary/aromatic N) is 1. The van der Waals surface area contributed by atoms with Crippen LogP contribution < -0.4 is 14.4 Å². The number of ether oxygens (including phenoxy) is 1. The lowest BCUT2D eigenvalue weighted by Crippen LogP contribution is -2.41. The van der Waals surface area contributed by atoms with Crippen molar-refractivity contribution in [2.45, 2.75) is 17.9 Å². The molecule has 1 unspecified atom stereocenters. The third-order valence-corrected chi connectivity index (χ3v) is 6.50. The SMILES string of the molecule is COc1ccccc1C(C)NC(=O)CN(c1ccc(F)cc1)S(=O)(=O)c1ccccc1. The van der Waals surface area contributed by atoms with Crippen molar-refractivity contribution in [3.05, 3.63) is 90.2 Å². The summed E-state index contributed by atoms with van der Waals surface area (Å²) >= 11 is 0. The zero-order valence-corrected chi connectivity index (χ0v) is 18.0. The minimum Gasteiger partial charge on any atom is -0.496 e. The van der Waals surface area contributed by atoms with E-state index in [0.717, 1.165) is 22.0 Å². The number of para-hydroxylation sites is 1. The number of methoxy groups -OCH3 is 1. The zero-order valence-electron chi connectivity index (χ0n) is 17.2. The van der Waals surface area contributed by atoms with Gasteiger partial charge < -0.3 is 10.1 Å². The molecule has 8 heteroatoms. The normalized spacial score (nSPS) is 12.1. The quantitative estimate of drug-likeness (QED) is 0.574. The second kappa shape index (κ2) is 9.61. The maximum atomic E-state index is 13.4. The Morgan fingerprint density at radius 2 is 1.61 bits per heavy atom. The molecule has 3 aromatic rings. The average molecular weight is 443 g/mol. The number of sulfonamides is 1. The summed E-state index contributed by atoms with van der Waals surface area (Å²) in [7, 11) is -2.51. The van der Waals surface area contributed by atoms with E-state index in [-0.39, 0.29) is 10.6 Å². The number of halogens is 1. The highest BCUT2D eigenvalue weighted by atomic mass is 32.2. The van der Waals surface area contributed by atoms with Gasteiger partial charge in [0.25, 0.3) is 10.0 Å². The maximum Gasteiger partial charge on any atom is 0.264 e. The van der Waals surface area contributed by atoms with E-state index in [0.29, 0.717) is 5.75 Å². The summed E-state index contributed by atoms with van der Waals surface area (Å²) in [6.45, 7) is 1.31. The first-order valence-corrected chi connectivity index (χ1v) is 11.0. The predicted molar refractivity (Wildman–Crippen MR) is 117 cm³/mol. The van der Waals surface area contributed by atoms with Crippen molar-refractivity contribution in [2.75, 3.05) is 18.0 Å². The van der Waals surface area contributed by atoms with Gasteiger partial charge in [-0.1, -0.05) is 36.4 Å². The van der Waals surface area contributed by atoms with Gasteiger partial charge in [0.2, 0.25) is 5.91 Å². The molecule has 6 nitrogen and oxygen atoms in total. The van der Waals surface area contributed by atoms with Crippen molar-refractivity contribution in [3.8, 4) is 5.75 Å². The van der Waals surface area contributed by atoms with E-state index in [9.17, 15) is 17.6 Å². The van der Waals surface area contributed by atoms with E-state index in [1.54, 1.807) is 31.2 Å². The third-order valence-electron chi connectivity index (χ3n) is 4.72. The lowest BCUT2D eigenvalue weighted by Gasteiger charge is -2.25. The molecule has 162 valence electrons. The number of hydrogen-bond donors (Lipinski definition) is 1. The number of hydrogen-bond acceptors (Lipinski definition) is 4. The number of anilines is 1. The lowest BCUT2D eigenvalue weighted by atomic mass is 10.1. The molecule has 1 N–H and O–H groups in total. The molecule has 0 saturated carbocycles. The van der Waals surface area contributed by atoms with Gasteiger partial charge in [0.1, 0.15) is 18.1 Å². The molecule has 1 amide bonds. The van der Waals surface area contributed by atoms with Crippen LogP contribution in [0.4, 0.5) is 10.1 Å². The summed E-state index contributed by atoms with van der Waals surface area (Å²) < 4.78 is 46.2. The van der Waals surface area contributed by atoms with Gasteiger partial charge in [-0.25, -0.2) is 12.8 Å². The average Bonchev–Trinajstić information content (AvgIpc) is 2.78. The second-order valence-electron chi connectivity index (χ2n) is 6.83.